The Bertz CT molecular complexity index is 2390. The van der Waals surface area contributed by atoms with E-state index in [1.807, 2.05) is 0 Å². The van der Waals surface area contributed by atoms with Crippen LogP contribution in [0, 0.1) is 0 Å². The van der Waals surface area contributed by atoms with E-state index in [1.54, 1.807) is 0 Å². The molecule has 0 aliphatic heterocycles. The first-order valence-electron chi connectivity index (χ1n) is 46.8. The van der Waals surface area contributed by atoms with Crippen LogP contribution in [0.25, 0.3) is 0 Å². The van der Waals surface area contributed by atoms with E-state index >= 15 is 0 Å². The van der Waals surface area contributed by atoms with Gasteiger partial charge in [-0.2, -0.15) is 0 Å². The molecule has 0 saturated heterocycles. The fourth-order valence-electron chi connectivity index (χ4n) is 13.6. The van der Waals surface area contributed by atoms with Crippen molar-refractivity contribution in [1.29, 1.82) is 0 Å². The Morgan fingerprint density at radius 2 is 0.661 bits per heavy atom. The Hall–Kier alpha value is -3.19. The summed E-state index contributed by atoms with van der Waals surface area (Å²) in [5, 5.41) is 22.0. The van der Waals surface area contributed by atoms with Gasteiger partial charge in [-0.25, -0.2) is 20.9 Å². The first-order valence-corrected chi connectivity index (χ1v) is 49.7. The zero-order valence-electron chi connectivity index (χ0n) is 74.2. The Kier molecular flexibility index (Phi) is 82.1. The molecule has 0 aromatic heterocycles. The van der Waals surface area contributed by atoms with Gasteiger partial charge in [-0.1, -0.05) is 326 Å². The molecule has 0 aliphatic rings. The van der Waals surface area contributed by atoms with Crippen LogP contribution in [-0.4, -0.2) is 131 Å². The highest BCUT2D eigenvalue weighted by atomic mass is 31.2. The Balaban J connectivity index is 5.72. The summed E-state index contributed by atoms with van der Waals surface area (Å²) < 4.78 is 84.4. The fourth-order valence-corrected chi connectivity index (χ4v) is 15.4. The highest BCUT2D eigenvalue weighted by Gasteiger charge is 2.33. The quantitative estimate of drug-likeness (QED) is 0.00566. The number of aliphatic hydroxyl groups is 1. The number of hydrogen-bond acceptors (Lipinski definition) is 18. The number of phosphoric ester groups is 2. The molecule has 7 unspecified atom stereocenters. The second-order valence-electron chi connectivity index (χ2n) is 31.7. The minimum Gasteiger partial charge on any atom is -0.462 e. The number of phosphoric acid groups is 2. The Labute approximate surface area is 700 Å². The van der Waals surface area contributed by atoms with Gasteiger partial charge in [0, 0.05) is 45.4 Å². The molecule has 678 valence electrons. The van der Waals surface area contributed by atoms with Crippen molar-refractivity contribution in [3.63, 3.8) is 0 Å². The van der Waals surface area contributed by atoms with Crippen LogP contribution in [0.15, 0.2) is 24.3 Å². The summed E-state index contributed by atoms with van der Waals surface area (Å²) >= 11 is 0. The maximum atomic E-state index is 13.7. The molecular formula is C89H176N6O18P2+2. The van der Waals surface area contributed by atoms with E-state index in [0.29, 0.717) is 51.4 Å². The summed E-state index contributed by atoms with van der Waals surface area (Å²) in [6.07, 6.45) is 67.5. The molecule has 0 rings (SSSR count). The lowest BCUT2D eigenvalue weighted by molar-refractivity contribution is -0.643. The van der Waals surface area contributed by atoms with Gasteiger partial charge in [-0.05, 0) is 96.3 Å². The third-order valence-corrected chi connectivity index (χ3v) is 23.2. The number of carbonyl (C=O) groups excluding carboxylic acids is 5. The van der Waals surface area contributed by atoms with Crippen molar-refractivity contribution in [1.82, 2.24) is 21.3 Å². The molecule has 26 heteroatoms. The van der Waals surface area contributed by atoms with Gasteiger partial charge >= 0.3 is 21.6 Å². The van der Waals surface area contributed by atoms with Crippen LogP contribution >= 0.6 is 15.6 Å². The summed E-state index contributed by atoms with van der Waals surface area (Å²) in [4.78, 5) is 65.8. The number of nitrogens with one attached hydrogen (secondary N) is 4. The fraction of sp³-hybridized carbons (Fsp3) is 0.899. The number of amides is 4. The standard InChI is InChI=1S/C89H174N6O18P2/c1-7-13-19-25-29-33-35-37-39-43-45-51-57-63-84(96)94-80(76-104-71-67-82(61-55-49-23-17-11-5)110-88(100)65-59-53-47-41-31-27-21-15-9-3)78-108-114(102,112-90)106-73-69-92-86(98)75-87(99)93-70-74-107-115(103,113-91)109-79-81(95-85(97)64-58-52-46-44-40-38-36-34-30-26-20-14-8-2)77-105-72-68-83(62-56-50-24-18-12-6)111-89(101)66-60-54-48-42-32-28-22-16-10-4/h41-42,47-48,80-83,88,100H,7-40,43-46,49-79H2,1-6,90-91H3,(H2-2,92,93,94,95,96,97,98,99)/p+2. The van der Waals surface area contributed by atoms with Crippen molar-refractivity contribution in [3.05, 3.63) is 24.3 Å². The molecular weight excluding hydrogens is 1500 g/mol. The molecule has 115 heavy (non-hydrogen) atoms. The highest BCUT2D eigenvalue weighted by Crippen LogP contribution is 2.47. The van der Waals surface area contributed by atoms with E-state index in [0.717, 1.165) is 141 Å². The predicted octanol–water partition coefficient (Wildman–Crippen LogP) is 20.7. The van der Waals surface area contributed by atoms with Crippen molar-refractivity contribution >= 4 is 45.2 Å². The van der Waals surface area contributed by atoms with Crippen LogP contribution in [0.4, 0.5) is 0 Å². The predicted molar refractivity (Wildman–Crippen MR) is 464 cm³/mol. The molecule has 4 amide bonds. The third-order valence-electron chi connectivity index (χ3n) is 20.7. The highest BCUT2D eigenvalue weighted by molar-refractivity contribution is 7.48. The minimum absolute atomic E-state index is 0.00892. The van der Waals surface area contributed by atoms with E-state index in [9.17, 15) is 38.2 Å². The van der Waals surface area contributed by atoms with Gasteiger partial charge in [-0.15, -0.1) is 0 Å². The maximum absolute atomic E-state index is 13.7. The Morgan fingerprint density at radius 3 is 1.03 bits per heavy atom. The summed E-state index contributed by atoms with van der Waals surface area (Å²) in [5.74, 6) is 4.64. The summed E-state index contributed by atoms with van der Waals surface area (Å²) in [5.41, 5.74) is 0. The van der Waals surface area contributed by atoms with Crippen molar-refractivity contribution < 1.29 is 96.3 Å². The van der Waals surface area contributed by atoms with Crippen molar-refractivity contribution in [2.45, 2.75) is 451 Å². The molecule has 0 fully saturated rings. The summed E-state index contributed by atoms with van der Waals surface area (Å²) in [6.45, 7) is 12.0. The van der Waals surface area contributed by atoms with Crippen LogP contribution in [-0.2, 0) is 79.4 Å². The van der Waals surface area contributed by atoms with E-state index < -0.39 is 52.3 Å². The lowest BCUT2D eigenvalue weighted by Gasteiger charge is -2.23. The number of allylic oxidation sites excluding steroid dienone is 4. The second-order valence-corrected chi connectivity index (χ2v) is 35.1. The van der Waals surface area contributed by atoms with Gasteiger partial charge in [-0.3, -0.25) is 42.1 Å². The number of aliphatic hydroxyl groups excluding tert-OH is 1. The van der Waals surface area contributed by atoms with Gasteiger partial charge in [0.2, 0.25) is 23.6 Å². The maximum Gasteiger partial charge on any atom is 0.520 e. The lowest BCUT2D eigenvalue weighted by Crippen LogP contribution is -2.48. The van der Waals surface area contributed by atoms with E-state index in [-0.39, 0.29) is 102 Å². The number of ether oxygens (including phenoxy) is 4. The van der Waals surface area contributed by atoms with Gasteiger partial charge in [0.05, 0.1) is 64.4 Å². The molecule has 0 aliphatic carbocycles. The van der Waals surface area contributed by atoms with E-state index in [4.69, 9.17) is 46.3 Å². The number of carbonyl (C=O) groups is 5. The number of esters is 1. The third kappa shape index (κ3) is 76.7. The largest absolute Gasteiger partial charge is 0.520 e. The molecule has 0 heterocycles. The molecule has 0 radical (unpaired) electrons. The normalized spacial score (nSPS) is 14.2. The molecule has 0 bridgehead atoms. The number of quaternary nitrogens is 2. The van der Waals surface area contributed by atoms with Crippen LogP contribution in [0.2, 0.25) is 0 Å². The molecule has 11 N–H and O–H groups in total. The summed E-state index contributed by atoms with van der Waals surface area (Å²) in [7, 11) is -8.70. The van der Waals surface area contributed by atoms with Crippen molar-refractivity contribution in [2.24, 2.45) is 0 Å². The van der Waals surface area contributed by atoms with Crippen LogP contribution in [0.1, 0.15) is 420 Å². The minimum atomic E-state index is -4.35. The number of unbranched alkanes of at least 4 members (excludes halogenated alkanes) is 42. The molecule has 0 aromatic carbocycles. The van der Waals surface area contributed by atoms with Gasteiger partial charge in [0.1, 0.15) is 12.5 Å². The SMILES string of the molecule is CCCCCCC=CCCCC(=O)OC(CCCCCCC)CCOCC(COP(=O)(O[NH3+])OCCNC(=O)CC(=O)NCCOP(=O)(O[NH3+])OCC(COCCC(CCCCCCC)OC(O)CCCC=CCCCCCC)NC(=O)CCCCCCCCCCCCCCC)NC(=O)CCCCCCCCCCCCCCC. The first kappa shape index (κ1) is 112. The molecule has 0 aromatic rings. The van der Waals surface area contributed by atoms with E-state index in [2.05, 4.69) is 98.9 Å². The van der Waals surface area contributed by atoms with Crippen LogP contribution < -0.4 is 33.1 Å². The van der Waals surface area contributed by atoms with Gasteiger partial charge in [0.25, 0.3) is 0 Å². The van der Waals surface area contributed by atoms with Crippen LogP contribution in [0.5, 0.6) is 0 Å². The second kappa shape index (κ2) is 84.4. The Morgan fingerprint density at radius 1 is 0.339 bits per heavy atom. The average molecular weight is 1680 g/mol. The van der Waals surface area contributed by atoms with Crippen molar-refractivity contribution in [3.8, 4) is 0 Å². The van der Waals surface area contributed by atoms with Crippen molar-refractivity contribution in [2.75, 3.05) is 65.9 Å². The monoisotopic (exact) mass is 1680 g/mol. The number of hydrogen-bond donors (Lipinski definition) is 7. The zero-order chi connectivity index (χ0) is 84.3. The zero-order valence-corrected chi connectivity index (χ0v) is 76.0. The molecule has 0 saturated carbocycles. The van der Waals surface area contributed by atoms with Gasteiger partial charge < -0.3 is 45.3 Å². The number of rotatable bonds is 91. The van der Waals surface area contributed by atoms with E-state index in [1.165, 1.54) is 173 Å². The molecule has 0 spiro atoms. The van der Waals surface area contributed by atoms with Gasteiger partial charge in [0.15, 0.2) is 6.29 Å². The average Bonchev–Trinajstić information content (AvgIpc) is 0.896. The lowest BCUT2D eigenvalue weighted by atomic mass is 10.0. The van der Waals surface area contributed by atoms with Crippen LogP contribution in [0.3, 0.4) is 0 Å². The molecule has 24 nitrogen and oxygen atoms in total. The smallest absolute Gasteiger partial charge is 0.462 e. The topological polar surface area (TPSA) is 335 Å². The summed E-state index contributed by atoms with van der Waals surface area (Å²) in [6, 6.07) is -1.52. The first-order chi connectivity index (χ1) is 56.0. The molecule has 7 atom stereocenters.